The number of rotatable bonds is 22. The zero-order chi connectivity index (χ0) is 28.2. The number of nitrogens with zero attached hydrogens (tertiary/aromatic N) is 1. The molecule has 0 spiro atoms. The lowest BCUT2D eigenvalue weighted by Gasteiger charge is -2.32. The molecule has 2 rings (SSSR count). The van der Waals surface area contributed by atoms with Crippen molar-refractivity contribution in [3.05, 3.63) is 65.7 Å². The lowest BCUT2D eigenvalue weighted by atomic mass is 10.0. The average Bonchev–Trinajstić information content (AvgIpc) is 2.93. The molecule has 2 aromatic rings. The normalized spacial score (nSPS) is 12.3. The number of quaternary nitrogens is 1. The second kappa shape index (κ2) is 19.7. The van der Waals surface area contributed by atoms with Gasteiger partial charge in [0.05, 0.1) is 20.6 Å². The minimum absolute atomic E-state index is 0.0421. The SMILES string of the molecule is CCCCCCCCCCCCCCc1ccc(OCOC(=O)C(CC)C[N+](C)(C)Cc2ccccc2)cc1. The van der Waals surface area contributed by atoms with E-state index < -0.39 is 0 Å². The van der Waals surface area contributed by atoms with Crippen LogP contribution in [0, 0.1) is 5.92 Å². The van der Waals surface area contributed by atoms with Crippen LogP contribution in [0.25, 0.3) is 0 Å². The quantitative estimate of drug-likeness (QED) is 0.0649. The van der Waals surface area contributed by atoms with Gasteiger partial charge in [-0.15, -0.1) is 0 Å². The van der Waals surface area contributed by atoms with Crippen LogP contribution in [0.2, 0.25) is 0 Å². The number of hydrogen-bond donors (Lipinski definition) is 0. The molecule has 0 fully saturated rings. The maximum atomic E-state index is 12.7. The van der Waals surface area contributed by atoms with Crippen LogP contribution >= 0.6 is 0 Å². The molecule has 0 saturated heterocycles. The van der Waals surface area contributed by atoms with Crippen molar-refractivity contribution < 1.29 is 18.8 Å². The number of ether oxygens (including phenoxy) is 2. The molecule has 4 heteroatoms. The standard InChI is InChI=1S/C35H56NO3/c1-5-7-8-9-10-11-12-13-14-15-16-18-21-31-24-26-34(27-25-31)38-30-39-35(37)33(6-2)29-36(3,4)28-32-22-19-17-20-23-32/h17,19-20,22-27,33H,5-16,18,21,28-30H2,1-4H3/q+1. The fraction of sp³-hybridized carbons (Fsp3) is 0.629. The highest BCUT2D eigenvalue weighted by Gasteiger charge is 2.28. The fourth-order valence-corrected chi connectivity index (χ4v) is 5.31. The summed E-state index contributed by atoms with van der Waals surface area (Å²) in [6.07, 6.45) is 18.4. The molecule has 0 N–H and O–H groups in total. The first kappa shape index (κ1) is 32.9. The molecule has 218 valence electrons. The van der Waals surface area contributed by atoms with Gasteiger partial charge in [0.15, 0.2) is 0 Å². The van der Waals surface area contributed by atoms with E-state index in [9.17, 15) is 4.79 Å². The van der Waals surface area contributed by atoms with Gasteiger partial charge in [0.25, 0.3) is 0 Å². The third kappa shape index (κ3) is 15.1. The predicted molar refractivity (Wildman–Crippen MR) is 164 cm³/mol. The van der Waals surface area contributed by atoms with E-state index in [1.54, 1.807) is 0 Å². The molecule has 1 unspecified atom stereocenters. The molecule has 4 nitrogen and oxygen atoms in total. The van der Waals surface area contributed by atoms with E-state index in [1.165, 1.54) is 88.2 Å². The van der Waals surface area contributed by atoms with Crippen molar-refractivity contribution >= 4 is 5.97 Å². The van der Waals surface area contributed by atoms with Crippen LogP contribution in [0.5, 0.6) is 5.75 Å². The fourth-order valence-electron chi connectivity index (χ4n) is 5.31. The molecule has 0 aliphatic carbocycles. The van der Waals surface area contributed by atoms with Crippen molar-refractivity contribution in [2.75, 3.05) is 27.4 Å². The van der Waals surface area contributed by atoms with Crippen LogP contribution in [-0.4, -0.2) is 37.9 Å². The highest BCUT2D eigenvalue weighted by molar-refractivity contribution is 5.72. The van der Waals surface area contributed by atoms with Gasteiger partial charge in [-0.25, -0.2) is 0 Å². The number of hydrogen-bond acceptors (Lipinski definition) is 3. The van der Waals surface area contributed by atoms with Crippen molar-refractivity contribution in [2.45, 2.75) is 110 Å². The number of carbonyl (C=O) groups is 1. The van der Waals surface area contributed by atoms with E-state index >= 15 is 0 Å². The topological polar surface area (TPSA) is 35.5 Å². The highest BCUT2D eigenvalue weighted by Crippen LogP contribution is 2.18. The number of unbranched alkanes of at least 4 members (excludes halogenated alkanes) is 11. The van der Waals surface area contributed by atoms with E-state index in [1.807, 2.05) is 25.1 Å². The van der Waals surface area contributed by atoms with Gasteiger partial charge in [-0.2, -0.15) is 0 Å². The van der Waals surface area contributed by atoms with Gasteiger partial charge in [-0.1, -0.05) is 127 Å². The molecule has 1 atom stereocenters. The van der Waals surface area contributed by atoms with Gasteiger partial charge < -0.3 is 14.0 Å². The Balaban J connectivity index is 1.56. The lowest BCUT2D eigenvalue weighted by Crippen LogP contribution is -2.44. The summed E-state index contributed by atoms with van der Waals surface area (Å²) < 4.78 is 12.0. The first-order valence-corrected chi connectivity index (χ1v) is 15.7. The van der Waals surface area contributed by atoms with Crippen molar-refractivity contribution in [1.82, 2.24) is 0 Å². The Morgan fingerprint density at radius 1 is 0.718 bits per heavy atom. The molecule has 0 heterocycles. The van der Waals surface area contributed by atoms with Crippen LogP contribution < -0.4 is 4.74 Å². The van der Waals surface area contributed by atoms with Crippen LogP contribution in [-0.2, 0) is 22.5 Å². The zero-order valence-electron chi connectivity index (χ0n) is 25.5. The molecule has 0 aliphatic rings. The summed E-state index contributed by atoms with van der Waals surface area (Å²) >= 11 is 0. The van der Waals surface area contributed by atoms with E-state index in [2.05, 4.69) is 57.4 Å². The molecular formula is C35H56NO3+. The van der Waals surface area contributed by atoms with Crippen LogP contribution in [0.15, 0.2) is 54.6 Å². The smallest absolute Gasteiger partial charge is 0.317 e. The molecule has 0 saturated carbocycles. The zero-order valence-corrected chi connectivity index (χ0v) is 25.5. The number of esters is 1. The molecule has 2 aromatic carbocycles. The van der Waals surface area contributed by atoms with Gasteiger partial charge in [-0.05, 0) is 37.0 Å². The summed E-state index contributed by atoms with van der Waals surface area (Å²) in [5, 5.41) is 0. The van der Waals surface area contributed by atoms with Gasteiger partial charge in [0.1, 0.15) is 18.2 Å². The van der Waals surface area contributed by atoms with Crippen LogP contribution in [0.3, 0.4) is 0 Å². The first-order chi connectivity index (χ1) is 18.9. The monoisotopic (exact) mass is 538 g/mol. The van der Waals surface area contributed by atoms with E-state index in [-0.39, 0.29) is 18.7 Å². The summed E-state index contributed by atoms with van der Waals surface area (Å²) in [6, 6.07) is 18.7. The minimum Gasteiger partial charge on any atom is -0.457 e. The molecule has 0 aromatic heterocycles. The Bertz CT molecular complexity index is 879. The van der Waals surface area contributed by atoms with Gasteiger partial charge in [-0.3, -0.25) is 4.79 Å². The molecular weight excluding hydrogens is 482 g/mol. The summed E-state index contributed by atoms with van der Waals surface area (Å²) in [5.41, 5.74) is 2.62. The van der Waals surface area contributed by atoms with Crippen LogP contribution in [0.4, 0.5) is 0 Å². The largest absolute Gasteiger partial charge is 0.457 e. The summed E-state index contributed by atoms with van der Waals surface area (Å²) in [6.45, 7) is 5.90. The lowest BCUT2D eigenvalue weighted by molar-refractivity contribution is -0.906. The van der Waals surface area contributed by atoms with Crippen molar-refractivity contribution in [2.24, 2.45) is 5.92 Å². The Labute approximate surface area is 239 Å². The van der Waals surface area contributed by atoms with Crippen molar-refractivity contribution in [3.8, 4) is 5.75 Å². The molecule has 0 amide bonds. The van der Waals surface area contributed by atoms with Crippen molar-refractivity contribution in [3.63, 3.8) is 0 Å². The average molecular weight is 539 g/mol. The highest BCUT2D eigenvalue weighted by atomic mass is 16.7. The maximum Gasteiger partial charge on any atom is 0.317 e. The van der Waals surface area contributed by atoms with E-state index in [0.717, 1.165) is 36.2 Å². The Hall–Kier alpha value is -2.33. The summed E-state index contributed by atoms with van der Waals surface area (Å²) in [4.78, 5) is 12.7. The second-order valence-corrected chi connectivity index (χ2v) is 11.9. The molecule has 0 bridgehead atoms. The third-order valence-corrected chi connectivity index (χ3v) is 7.66. The Morgan fingerprint density at radius 3 is 1.85 bits per heavy atom. The number of carbonyl (C=O) groups excluding carboxylic acids is 1. The first-order valence-electron chi connectivity index (χ1n) is 15.7. The number of aryl methyl sites for hydroxylation is 1. The minimum atomic E-state index is -0.180. The Morgan fingerprint density at radius 2 is 1.28 bits per heavy atom. The van der Waals surface area contributed by atoms with Gasteiger partial charge in [0, 0.05) is 5.56 Å². The van der Waals surface area contributed by atoms with Crippen LogP contribution in [0.1, 0.15) is 108 Å². The predicted octanol–water partition coefficient (Wildman–Crippen LogP) is 9.11. The van der Waals surface area contributed by atoms with Gasteiger partial charge in [0.2, 0.25) is 6.79 Å². The maximum absolute atomic E-state index is 12.7. The third-order valence-electron chi connectivity index (χ3n) is 7.66. The van der Waals surface area contributed by atoms with E-state index in [4.69, 9.17) is 9.47 Å². The molecule has 0 aliphatic heterocycles. The van der Waals surface area contributed by atoms with E-state index in [0.29, 0.717) is 0 Å². The second-order valence-electron chi connectivity index (χ2n) is 11.9. The summed E-state index contributed by atoms with van der Waals surface area (Å²) in [5.74, 6) is 0.417. The Kier molecular flexibility index (Phi) is 16.6. The van der Waals surface area contributed by atoms with Gasteiger partial charge >= 0.3 is 5.97 Å². The number of benzene rings is 2. The van der Waals surface area contributed by atoms with Crippen molar-refractivity contribution in [1.29, 1.82) is 0 Å². The summed E-state index contributed by atoms with van der Waals surface area (Å²) in [7, 11) is 4.33. The molecule has 39 heavy (non-hydrogen) atoms. The molecule has 0 radical (unpaired) electrons.